The number of nitrogens with one attached hydrogen (secondary N) is 1. The molecule has 1 saturated carbocycles. The van der Waals surface area contributed by atoms with Crippen molar-refractivity contribution < 1.29 is 9.53 Å². The van der Waals surface area contributed by atoms with E-state index < -0.39 is 5.54 Å². The van der Waals surface area contributed by atoms with Crippen LogP contribution in [0.3, 0.4) is 0 Å². The van der Waals surface area contributed by atoms with Crippen LogP contribution in [0.5, 0.6) is 0 Å². The van der Waals surface area contributed by atoms with Gasteiger partial charge in [0, 0.05) is 6.61 Å². The Morgan fingerprint density at radius 2 is 2.27 bits per heavy atom. The van der Waals surface area contributed by atoms with Gasteiger partial charge in [-0.2, -0.15) is 9.97 Å². The lowest BCUT2D eigenvalue weighted by molar-refractivity contribution is -0.109. The third-order valence-electron chi connectivity index (χ3n) is 4.24. The number of carbonyl (C=O) groups excluding carboxylic acids is 1. The number of imidazole rings is 1. The second-order valence-electron chi connectivity index (χ2n) is 5.89. The molecule has 2 fully saturated rings. The summed E-state index contributed by atoms with van der Waals surface area (Å²) >= 11 is 6.05. The van der Waals surface area contributed by atoms with Gasteiger partial charge >= 0.3 is 0 Å². The van der Waals surface area contributed by atoms with E-state index in [-0.39, 0.29) is 11.5 Å². The molecule has 116 valence electrons. The molecule has 7 nitrogen and oxygen atoms in total. The Labute approximate surface area is 132 Å². The molecule has 0 amide bonds. The summed E-state index contributed by atoms with van der Waals surface area (Å²) in [6.45, 7) is 0.739. The molecular formula is C14H16ClN5O2. The van der Waals surface area contributed by atoms with Gasteiger partial charge in [-0.3, -0.25) is 4.57 Å². The Hall–Kier alpha value is -1.73. The normalized spacial score (nSPS) is 23.4. The molecule has 1 aliphatic carbocycles. The Morgan fingerprint density at radius 1 is 1.41 bits per heavy atom. The number of aldehydes is 1. The summed E-state index contributed by atoms with van der Waals surface area (Å²) in [7, 11) is 0. The van der Waals surface area contributed by atoms with E-state index in [1.54, 1.807) is 6.33 Å². The van der Waals surface area contributed by atoms with Crippen LogP contribution in [0.4, 0.5) is 5.82 Å². The van der Waals surface area contributed by atoms with E-state index >= 15 is 0 Å². The van der Waals surface area contributed by atoms with Gasteiger partial charge in [-0.1, -0.05) is 0 Å². The van der Waals surface area contributed by atoms with Crippen molar-refractivity contribution in [2.75, 3.05) is 11.9 Å². The minimum absolute atomic E-state index is 0.0708. The number of fused-ring (bicyclic) bond motifs is 1. The predicted molar refractivity (Wildman–Crippen MR) is 80.8 cm³/mol. The van der Waals surface area contributed by atoms with Crippen molar-refractivity contribution in [1.82, 2.24) is 19.5 Å². The molecule has 8 heteroatoms. The molecule has 1 aliphatic heterocycles. The monoisotopic (exact) mass is 321 g/mol. The van der Waals surface area contributed by atoms with E-state index in [9.17, 15) is 4.79 Å². The lowest BCUT2D eigenvalue weighted by Gasteiger charge is -2.23. The average Bonchev–Trinajstić information content (AvgIpc) is 3.18. The Kier molecular flexibility index (Phi) is 3.27. The number of hydrogen-bond donors (Lipinski definition) is 1. The van der Waals surface area contributed by atoms with Crippen molar-refractivity contribution in [2.45, 2.75) is 43.9 Å². The van der Waals surface area contributed by atoms with E-state index in [0.717, 1.165) is 45.0 Å². The smallest absolute Gasteiger partial charge is 0.226 e. The highest BCUT2D eigenvalue weighted by atomic mass is 35.5. The summed E-state index contributed by atoms with van der Waals surface area (Å²) < 4.78 is 7.68. The van der Waals surface area contributed by atoms with Gasteiger partial charge in [0.1, 0.15) is 12.5 Å². The molecule has 3 heterocycles. The molecule has 2 aromatic heterocycles. The summed E-state index contributed by atoms with van der Waals surface area (Å²) in [5.74, 6) is 0.508. The Bertz CT molecular complexity index is 721. The van der Waals surface area contributed by atoms with Crippen LogP contribution >= 0.6 is 11.6 Å². The Balaban J connectivity index is 1.75. The molecule has 0 bridgehead atoms. The molecule has 0 aromatic carbocycles. The number of aromatic nitrogens is 4. The highest BCUT2D eigenvalue weighted by Crippen LogP contribution is 2.38. The average molecular weight is 322 g/mol. The molecule has 0 radical (unpaired) electrons. The minimum atomic E-state index is -0.518. The van der Waals surface area contributed by atoms with Crippen LogP contribution in [0.2, 0.25) is 5.28 Å². The predicted octanol–water partition coefficient (Wildman–Crippen LogP) is 2.32. The molecule has 0 spiro atoms. The zero-order valence-electron chi connectivity index (χ0n) is 12.0. The highest BCUT2D eigenvalue weighted by Gasteiger charge is 2.43. The molecule has 1 N–H and O–H groups in total. The third-order valence-corrected chi connectivity index (χ3v) is 4.41. The van der Waals surface area contributed by atoms with Crippen molar-refractivity contribution in [2.24, 2.45) is 0 Å². The van der Waals surface area contributed by atoms with Gasteiger partial charge in [0.25, 0.3) is 0 Å². The first-order valence-corrected chi connectivity index (χ1v) is 7.85. The summed E-state index contributed by atoms with van der Waals surface area (Å²) in [6.07, 6.45) is 7.27. The number of halogens is 1. The number of ether oxygens (including phenoxy) is 1. The van der Waals surface area contributed by atoms with E-state index in [1.807, 2.05) is 4.57 Å². The lowest BCUT2D eigenvalue weighted by Crippen LogP contribution is -2.23. The SMILES string of the molecule is O=CC1(Nc2nc(Cl)nc3c2ncn3C2CCCCO2)CC1. The first-order chi connectivity index (χ1) is 10.7. The molecule has 2 aromatic rings. The van der Waals surface area contributed by atoms with E-state index in [4.69, 9.17) is 16.3 Å². The number of anilines is 1. The quantitative estimate of drug-likeness (QED) is 0.687. The zero-order valence-corrected chi connectivity index (χ0v) is 12.7. The lowest BCUT2D eigenvalue weighted by atomic mass is 10.2. The van der Waals surface area contributed by atoms with E-state index in [0.29, 0.717) is 17.0 Å². The van der Waals surface area contributed by atoms with Crippen LogP contribution in [-0.2, 0) is 9.53 Å². The fourth-order valence-corrected chi connectivity index (χ4v) is 2.94. The number of nitrogens with zero attached hydrogens (tertiary/aromatic N) is 4. The molecule has 1 atom stereocenters. The number of hydrogen-bond acceptors (Lipinski definition) is 6. The second kappa shape index (κ2) is 5.17. The fraction of sp³-hybridized carbons (Fsp3) is 0.571. The van der Waals surface area contributed by atoms with Crippen LogP contribution < -0.4 is 5.32 Å². The van der Waals surface area contributed by atoms with Gasteiger partial charge in [-0.25, -0.2) is 4.98 Å². The second-order valence-corrected chi connectivity index (χ2v) is 6.22. The number of carbonyl (C=O) groups is 1. The van der Waals surface area contributed by atoms with Crippen LogP contribution in [0.15, 0.2) is 6.33 Å². The molecule has 1 unspecified atom stereocenters. The maximum atomic E-state index is 11.2. The first-order valence-electron chi connectivity index (χ1n) is 7.47. The van der Waals surface area contributed by atoms with Crippen LogP contribution in [0, 0.1) is 0 Å². The molecule has 2 aliphatic rings. The van der Waals surface area contributed by atoms with Crippen molar-refractivity contribution in [3.05, 3.63) is 11.6 Å². The summed E-state index contributed by atoms with van der Waals surface area (Å²) in [6, 6.07) is 0. The standard InChI is InChI=1S/C14H16ClN5O2/c15-13-17-11(19-14(7-21)4-5-14)10-12(18-13)20(8-16-10)9-3-1-2-6-22-9/h7-9H,1-6H2,(H,17,18,19). The van der Waals surface area contributed by atoms with Crippen molar-refractivity contribution in [3.63, 3.8) is 0 Å². The summed E-state index contributed by atoms with van der Waals surface area (Å²) in [5.41, 5.74) is 0.734. The van der Waals surface area contributed by atoms with Gasteiger partial charge in [0.2, 0.25) is 5.28 Å². The maximum Gasteiger partial charge on any atom is 0.226 e. The summed E-state index contributed by atoms with van der Waals surface area (Å²) in [4.78, 5) is 24.1. The van der Waals surface area contributed by atoms with Crippen LogP contribution in [0.1, 0.15) is 38.3 Å². The van der Waals surface area contributed by atoms with Gasteiger partial charge in [-0.15, -0.1) is 0 Å². The molecular weight excluding hydrogens is 306 g/mol. The summed E-state index contributed by atoms with van der Waals surface area (Å²) in [5, 5.41) is 3.29. The van der Waals surface area contributed by atoms with Crippen molar-refractivity contribution in [3.8, 4) is 0 Å². The topological polar surface area (TPSA) is 81.9 Å². The van der Waals surface area contributed by atoms with Crippen LogP contribution in [-0.4, -0.2) is 38.0 Å². The van der Waals surface area contributed by atoms with Crippen LogP contribution in [0.25, 0.3) is 11.2 Å². The molecule has 4 rings (SSSR count). The van der Waals surface area contributed by atoms with Crippen molar-refractivity contribution >= 4 is 34.9 Å². The third kappa shape index (κ3) is 2.34. The highest BCUT2D eigenvalue weighted by molar-refractivity contribution is 6.28. The van der Waals surface area contributed by atoms with Gasteiger partial charge in [-0.05, 0) is 43.7 Å². The maximum absolute atomic E-state index is 11.2. The largest absolute Gasteiger partial charge is 0.358 e. The van der Waals surface area contributed by atoms with Gasteiger partial charge in [0.15, 0.2) is 17.0 Å². The van der Waals surface area contributed by atoms with Crippen molar-refractivity contribution in [1.29, 1.82) is 0 Å². The van der Waals surface area contributed by atoms with E-state index in [1.165, 1.54) is 0 Å². The first kappa shape index (κ1) is 13.9. The number of rotatable bonds is 4. The minimum Gasteiger partial charge on any atom is -0.358 e. The fourth-order valence-electron chi connectivity index (χ4n) is 2.77. The van der Waals surface area contributed by atoms with E-state index in [2.05, 4.69) is 20.3 Å². The molecule has 1 saturated heterocycles. The zero-order chi connectivity index (χ0) is 15.2. The van der Waals surface area contributed by atoms with Gasteiger partial charge in [0.05, 0.1) is 11.9 Å². The Morgan fingerprint density at radius 3 is 2.95 bits per heavy atom. The van der Waals surface area contributed by atoms with Gasteiger partial charge < -0.3 is 14.8 Å². The molecule has 22 heavy (non-hydrogen) atoms.